The van der Waals surface area contributed by atoms with Crippen LogP contribution in [0.4, 0.5) is 0 Å². The van der Waals surface area contributed by atoms with Gasteiger partial charge in [0, 0.05) is 0 Å². The van der Waals surface area contributed by atoms with Crippen molar-refractivity contribution >= 4 is 23.6 Å². The summed E-state index contributed by atoms with van der Waals surface area (Å²) in [7, 11) is 0. The standard InChI is InChI=1S/C13H16O2S/c1-9(2)7-10-3-5-11(6-4-10)12(8-16)13(14)15/h3-6,8-9,12H,7H2,1-2H3,(H,14,15). The summed E-state index contributed by atoms with van der Waals surface area (Å²) in [5.74, 6) is -0.971. The summed E-state index contributed by atoms with van der Waals surface area (Å²) in [5.41, 5.74) is 1.97. The Balaban J connectivity index is 2.85. The molecule has 2 nitrogen and oxygen atoms in total. The molecule has 1 aromatic carbocycles. The van der Waals surface area contributed by atoms with Crippen LogP contribution in [0, 0.1) is 5.92 Å². The Labute approximate surface area is 101 Å². The molecule has 16 heavy (non-hydrogen) atoms. The van der Waals surface area contributed by atoms with Gasteiger partial charge in [-0.25, -0.2) is 0 Å². The Morgan fingerprint density at radius 3 is 2.31 bits per heavy atom. The van der Waals surface area contributed by atoms with E-state index >= 15 is 0 Å². The number of carbonyl (C=O) groups is 1. The van der Waals surface area contributed by atoms with E-state index < -0.39 is 11.9 Å². The molecule has 0 heterocycles. The zero-order chi connectivity index (χ0) is 12.1. The number of hydrogen-bond acceptors (Lipinski definition) is 2. The van der Waals surface area contributed by atoms with Gasteiger partial charge in [-0.1, -0.05) is 50.3 Å². The third-order valence-electron chi connectivity index (χ3n) is 2.38. The minimum atomic E-state index is -0.897. The quantitative estimate of drug-likeness (QED) is 0.798. The Morgan fingerprint density at radius 2 is 1.94 bits per heavy atom. The molecular formula is C13H16O2S. The molecule has 0 aromatic heterocycles. The van der Waals surface area contributed by atoms with Gasteiger partial charge in [0.1, 0.15) is 5.92 Å². The first-order valence-electron chi connectivity index (χ1n) is 5.31. The third kappa shape index (κ3) is 3.42. The van der Waals surface area contributed by atoms with Crippen molar-refractivity contribution in [2.24, 2.45) is 5.92 Å². The summed E-state index contributed by atoms with van der Waals surface area (Å²) in [6.07, 6.45) is 1.01. The number of hydrogen-bond donors (Lipinski definition) is 1. The summed E-state index contributed by atoms with van der Waals surface area (Å²) in [4.78, 5) is 10.9. The van der Waals surface area contributed by atoms with Crippen molar-refractivity contribution in [1.82, 2.24) is 0 Å². The van der Waals surface area contributed by atoms with Crippen molar-refractivity contribution in [3.8, 4) is 0 Å². The van der Waals surface area contributed by atoms with Crippen LogP contribution in [0.2, 0.25) is 0 Å². The number of benzene rings is 1. The molecule has 0 amide bonds. The number of rotatable bonds is 5. The molecule has 1 aromatic rings. The van der Waals surface area contributed by atoms with Crippen molar-refractivity contribution in [3.63, 3.8) is 0 Å². The fourth-order valence-corrected chi connectivity index (χ4v) is 1.89. The largest absolute Gasteiger partial charge is 0.481 e. The topological polar surface area (TPSA) is 37.3 Å². The number of thiocarbonyl (C=S) groups is 1. The molecule has 1 atom stereocenters. The molecule has 0 aliphatic carbocycles. The summed E-state index contributed by atoms with van der Waals surface area (Å²) in [6, 6.07) is 7.65. The second kappa shape index (κ2) is 5.75. The lowest BCUT2D eigenvalue weighted by atomic mass is 9.97. The average Bonchev–Trinajstić information content (AvgIpc) is 2.20. The summed E-state index contributed by atoms with van der Waals surface area (Å²) in [6.45, 7) is 4.32. The fourth-order valence-electron chi connectivity index (χ4n) is 1.61. The molecule has 1 N–H and O–H groups in total. The maximum Gasteiger partial charge on any atom is 0.315 e. The van der Waals surface area contributed by atoms with Crippen LogP contribution >= 0.6 is 12.2 Å². The highest BCUT2D eigenvalue weighted by Crippen LogP contribution is 2.17. The molecule has 86 valence electrons. The average molecular weight is 236 g/mol. The van der Waals surface area contributed by atoms with E-state index in [1.165, 1.54) is 10.9 Å². The molecule has 0 saturated carbocycles. The lowest BCUT2D eigenvalue weighted by Crippen LogP contribution is -2.11. The first-order chi connectivity index (χ1) is 7.54. The Hall–Kier alpha value is -1.22. The number of carboxylic acid groups (broad SMARTS) is 1. The predicted molar refractivity (Wildman–Crippen MR) is 69.0 cm³/mol. The second-order valence-electron chi connectivity index (χ2n) is 4.29. The normalized spacial score (nSPS) is 12.4. The van der Waals surface area contributed by atoms with Crippen molar-refractivity contribution in [3.05, 3.63) is 35.4 Å². The van der Waals surface area contributed by atoms with Crippen molar-refractivity contribution in [1.29, 1.82) is 0 Å². The third-order valence-corrected chi connectivity index (χ3v) is 2.66. The summed E-state index contributed by atoms with van der Waals surface area (Å²) >= 11 is 4.73. The highest BCUT2D eigenvalue weighted by atomic mass is 32.1. The van der Waals surface area contributed by atoms with Gasteiger partial charge in [-0.3, -0.25) is 4.79 Å². The van der Waals surface area contributed by atoms with Gasteiger partial charge < -0.3 is 5.11 Å². The monoisotopic (exact) mass is 236 g/mol. The van der Waals surface area contributed by atoms with Gasteiger partial charge in [0.2, 0.25) is 0 Å². The van der Waals surface area contributed by atoms with Crippen molar-refractivity contribution < 1.29 is 9.90 Å². The highest BCUT2D eigenvalue weighted by Gasteiger charge is 2.16. The molecule has 0 aliphatic rings. The van der Waals surface area contributed by atoms with E-state index in [0.29, 0.717) is 5.92 Å². The van der Waals surface area contributed by atoms with Gasteiger partial charge >= 0.3 is 5.97 Å². The summed E-state index contributed by atoms with van der Waals surface area (Å²) < 4.78 is 0. The van der Waals surface area contributed by atoms with E-state index in [4.69, 9.17) is 17.3 Å². The lowest BCUT2D eigenvalue weighted by Gasteiger charge is -2.09. The van der Waals surface area contributed by atoms with Gasteiger partial charge in [-0.05, 0) is 28.8 Å². The van der Waals surface area contributed by atoms with Gasteiger partial charge in [0.05, 0.1) is 0 Å². The van der Waals surface area contributed by atoms with Gasteiger partial charge in [0.25, 0.3) is 0 Å². The van der Waals surface area contributed by atoms with Crippen molar-refractivity contribution in [2.75, 3.05) is 0 Å². The van der Waals surface area contributed by atoms with E-state index in [0.717, 1.165) is 12.0 Å². The van der Waals surface area contributed by atoms with E-state index in [1.54, 1.807) is 0 Å². The number of carboxylic acids is 1. The van der Waals surface area contributed by atoms with Crippen LogP contribution in [0.3, 0.4) is 0 Å². The molecule has 1 rings (SSSR count). The summed E-state index contributed by atoms with van der Waals surface area (Å²) in [5, 5.41) is 10.2. The van der Waals surface area contributed by atoms with Crippen LogP contribution in [-0.4, -0.2) is 16.4 Å². The molecule has 0 saturated heterocycles. The van der Waals surface area contributed by atoms with E-state index in [9.17, 15) is 4.79 Å². The molecule has 0 spiro atoms. The van der Waals surface area contributed by atoms with E-state index in [2.05, 4.69) is 13.8 Å². The van der Waals surface area contributed by atoms with Gasteiger partial charge in [-0.15, -0.1) is 0 Å². The molecule has 0 radical (unpaired) electrons. The first-order valence-corrected chi connectivity index (χ1v) is 5.78. The minimum absolute atomic E-state index is 0.603. The molecular weight excluding hydrogens is 220 g/mol. The van der Waals surface area contributed by atoms with E-state index in [1.807, 2.05) is 24.3 Å². The van der Waals surface area contributed by atoms with Crippen LogP contribution in [0.15, 0.2) is 24.3 Å². The fraction of sp³-hybridized carbons (Fsp3) is 0.385. The van der Waals surface area contributed by atoms with Gasteiger partial charge in [0.15, 0.2) is 0 Å². The lowest BCUT2D eigenvalue weighted by molar-refractivity contribution is -0.136. The Kier molecular flexibility index (Phi) is 4.62. The predicted octanol–water partition coefficient (Wildman–Crippen LogP) is 3.05. The van der Waals surface area contributed by atoms with Gasteiger partial charge in [-0.2, -0.15) is 0 Å². The molecule has 1 unspecified atom stereocenters. The number of aliphatic carboxylic acids is 1. The maximum atomic E-state index is 10.9. The molecule has 0 bridgehead atoms. The van der Waals surface area contributed by atoms with E-state index in [-0.39, 0.29) is 0 Å². The minimum Gasteiger partial charge on any atom is -0.481 e. The van der Waals surface area contributed by atoms with Crippen LogP contribution in [-0.2, 0) is 11.2 Å². The second-order valence-corrected chi connectivity index (χ2v) is 4.56. The smallest absolute Gasteiger partial charge is 0.315 e. The molecule has 3 heteroatoms. The van der Waals surface area contributed by atoms with Crippen molar-refractivity contribution in [2.45, 2.75) is 26.2 Å². The van der Waals surface area contributed by atoms with Crippen LogP contribution in [0.1, 0.15) is 30.9 Å². The zero-order valence-electron chi connectivity index (χ0n) is 9.51. The maximum absolute atomic E-state index is 10.9. The van der Waals surface area contributed by atoms with Crippen LogP contribution in [0.5, 0.6) is 0 Å². The molecule has 0 fully saturated rings. The van der Waals surface area contributed by atoms with Crippen LogP contribution in [0.25, 0.3) is 0 Å². The zero-order valence-corrected chi connectivity index (χ0v) is 10.3. The molecule has 0 aliphatic heterocycles. The Bertz CT molecular complexity index is 368. The van der Waals surface area contributed by atoms with Crippen LogP contribution < -0.4 is 0 Å². The first kappa shape index (κ1) is 12.8. The Morgan fingerprint density at radius 1 is 1.38 bits per heavy atom. The SMILES string of the molecule is CC(C)Cc1ccc(C(C=S)C(=O)O)cc1. The highest BCUT2D eigenvalue weighted by molar-refractivity contribution is 7.79.